The highest BCUT2D eigenvalue weighted by atomic mass is 35.5. The van der Waals surface area contributed by atoms with Crippen molar-refractivity contribution in [3.63, 3.8) is 0 Å². The van der Waals surface area contributed by atoms with Gasteiger partial charge in [-0.3, -0.25) is 9.69 Å². The molecular formula is C16H25ClN2O2. The first-order valence-electron chi connectivity index (χ1n) is 7.45. The Hall–Kier alpha value is -1.10. The number of unbranched alkanes of at least 4 members (excludes halogenated alkanes) is 1. The molecule has 0 heterocycles. The molecule has 0 aliphatic heterocycles. The molecule has 1 rings (SSSR count). The van der Waals surface area contributed by atoms with Crippen molar-refractivity contribution in [3.05, 3.63) is 34.9 Å². The lowest BCUT2D eigenvalue weighted by atomic mass is 10.1. The van der Waals surface area contributed by atoms with Crippen LogP contribution >= 0.6 is 11.6 Å². The fourth-order valence-corrected chi connectivity index (χ4v) is 2.49. The van der Waals surface area contributed by atoms with Gasteiger partial charge in [0.25, 0.3) is 0 Å². The second-order valence-electron chi connectivity index (χ2n) is 5.16. The predicted molar refractivity (Wildman–Crippen MR) is 86.4 cm³/mol. The summed E-state index contributed by atoms with van der Waals surface area (Å²) in [5.74, 6) is -0.0491. The van der Waals surface area contributed by atoms with E-state index in [0.717, 1.165) is 24.9 Å². The van der Waals surface area contributed by atoms with E-state index in [9.17, 15) is 4.79 Å². The number of aliphatic hydroxyl groups excluding tert-OH is 1. The van der Waals surface area contributed by atoms with Gasteiger partial charge in [0.05, 0.1) is 19.2 Å². The van der Waals surface area contributed by atoms with E-state index in [4.69, 9.17) is 16.7 Å². The van der Waals surface area contributed by atoms with E-state index in [1.165, 1.54) is 0 Å². The SMILES string of the molecule is CCCCN(CCO)CC(=O)NC(C)c1ccccc1Cl. The normalized spacial score (nSPS) is 12.4. The molecule has 1 aromatic rings. The number of rotatable bonds is 9. The van der Waals surface area contributed by atoms with Crippen LogP contribution in [0.5, 0.6) is 0 Å². The highest BCUT2D eigenvalue weighted by Crippen LogP contribution is 2.21. The van der Waals surface area contributed by atoms with Gasteiger partial charge < -0.3 is 10.4 Å². The molecule has 1 unspecified atom stereocenters. The van der Waals surface area contributed by atoms with Crippen LogP contribution < -0.4 is 5.32 Å². The molecule has 0 aromatic heterocycles. The van der Waals surface area contributed by atoms with E-state index < -0.39 is 0 Å². The lowest BCUT2D eigenvalue weighted by Crippen LogP contribution is -2.40. The van der Waals surface area contributed by atoms with Crippen molar-refractivity contribution in [2.75, 3.05) is 26.2 Å². The summed E-state index contributed by atoms with van der Waals surface area (Å²) < 4.78 is 0. The van der Waals surface area contributed by atoms with E-state index in [-0.39, 0.29) is 18.6 Å². The van der Waals surface area contributed by atoms with Gasteiger partial charge in [-0.25, -0.2) is 0 Å². The van der Waals surface area contributed by atoms with E-state index in [2.05, 4.69) is 12.2 Å². The third-order valence-electron chi connectivity index (χ3n) is 3.36. The van der Waals surface area contributed by atoms with Gasteiger partial charge in [0.15, 0.2) is 0 Å². The first-order valence-corrected chi connectivity index (χ1v) is 7.83. The lowest BCUT2D eigenvalue weighted by Gasteiger charge is -2.22. The van der Waals surface area contributed by atoms with E-state index in [1.54, 1.807) is 0 Å². The molecule has 1 amide bonds. The van der Waals surface area contributed by atoms with Gasteiger partial charge >= 0.3 is 0 Å². The molecule has 0 fully saturated rings. The zero-order valence-electron chi connectivity index (χ0n) is 12.8. The van der Waals surface area contributed by atoms with Crippen molar-refractivity contribution < 1.29 is 9.90 Å². The Labute approximate surface area is 132 Å². The number of hydrogen-bond donors (Lipinski definition) is 2. The minimum absolute atomic E-state index is 0.0491. The van der Waals surface area contributed by atoms with Crippen molar-refractivity contribution in [1.29, 1.82) is 0 Å². The Kier molecular flexibility index (Phi) is 8.35. The van der Waals surface area contributed by atoms with Crippen LogP contribution in [0.3, 0.4) is 0 Å². The summed E-state index contributed by atoms with van der Waals surface area (Å²) in [5.41, 5.74) is 0.912. The summed E-state index contributed by atoms with van der Waals surface area (Å²) in [6, 6.07) is 7.37. The van der Waals surface area contributed by atoms with Crippen LogP contribution in [-0.2, 0) is 4.79 Å². The summed E-state index contributed by atoms with van der Waals surface area (Å²) in [6.07, 6.45) is 2.09. The number of nitrogens with one attached hydrogen (secondary N) is 1. The lowest BCUT2D eigenvalue weighted by molar-refractivity contribution is -0.123. The summed E-state index contributed by atoms with van der Waals surface area (Å²) in [6.45, 7) is 5.74. The molecule has 0 radical (unpaired) electrons. The highest BCUT2D eigenvalue weighted by Gasteiger charge is 2.14. The highest BCUT2D eigenvalue weighted by molar-refractivity contribution is 6.31. The number of halogens is 1. The van der Waals surface area contributed by atoms with Crippen LogP contribution in [0, 0.1) is 0 Å². The Morgan fingerprint density at radius 2 is 2.10 bits per heavy atom. The van der Waals surface area contributed by atoms with Gasteiger partial charge in [-0.15, -0.1) is 0 Å². The minimum Gasteiger partial charge on any atom is -0.395 e. The molecule has 118 valence electrons. The number of hydrogen-bond acceptors (Lipinski definition) is 3. The Balaban J connectivity index is 2.53. The standard InChI is InChI=1S/C16H25ClN2O2/c1-3-4-9-19(10-11-20)12-16(21)18-13(2)14-7-5-6-8-15(14)17/h5-8,13,20H,3-4,9-12H2,1-2H3,(H,18,21). The fourth-order valence-electron chi connectivity index (χ4n) is 2.19. The van der Waals surface area contributed by atoms with E-state index in [1.807, 2.05) is 36.1 Å². The maximum Gasteiger partial charge on any atom is 0.234 e. The third kappa shape index (κ3) is 6.46. The fraction of sp³-hybridized carbons (Fsp3) is 0.562. The molecular weight excluding hydrogens is 288 g/mol. The summed E-state index contributed by atoms with van der Waals surface area (Å²) >= 11 is 6.13. The minimum atomic E-state index is -0.131. The molecule has 0 saturated heterocycles. The maximum atomic E-state index is 12.1. The molecule has 1 aromatic carbocycles. The quantitative estimate of drug-likeness (QED) is 0.737. The Bertz CT molecular complexity index is 440. The summed E-state index contributed by atoms with van der Waals surface area (Å²) in [4.78, 5) is 14.1. The van der Waals surface area contributed by atoms with Crippen LogP contribution in [0.1, 0.15) is 38.3 Å². The number of benzene rings is 1. The maximum absolute atomic E-state index is 12.1. The van der Waals surface area contributed by atoms with E-state index >= 15 is 0 Å². The predicted octanol–water partition coefficient (Wildman–Crippen LogP) is 2.61. The molecule has 0 aliphatic carbocycles. The van der Waals surface area contributed by atoms with Gasteiger partial charge in [-0.05, 0) is 31.5 Å². The van der Waals surface area contributed by atoms with Gasteiger partial charge in [-0.2, -0.15) is 0 Å². The van der Waals surface area contributed by atoms with Crippen molar-refractivity contribution in [2.24, 2.45) is 0 Å². The summed E-state index contributed by atoms with van der Waals surface area (Å²) in [5, 5.41) is 12.7. The van der Waals surface area contributed by atoms with E-state index in [0.29, 0.717) is 18.1 Å². The topological polar surface area (TPSA) is 52.6 Å². The molecule has 5 heteroatoms. The number of nitrogens with zero attached hydrogens (tertiary/aromatic N) is 1. The van der Waals surface area contributed by atoms with Crippen LogP contribution in [-0.4, -0.2) is 42.2 Å². The molecule has 21 heavy (non-hydrogen) atoms. The number of carbonyl (C=O) groups excluding carboxylic acids is 1. The van der Waals surface area contributed by atoms with Crippen LogP contribution in [0.4, 0.5) is 0 Å². The van der Waals surface area contributed by atoms with Crippen LogP contribution in [0.25, 0.3) is 0 Å². The largest absolute Gasteiger partial charge is 0.395 e. The third-order valence-corrected chi connectivity index (χ3v) is 3.70. The van der Waals surface area contributed by atoms with Gasteiger partial charge in [0.2, 0.25) is 5.91 Å². The number of carbonyl (C=O) groups is 1. The zero-order valence-corrected chi connectivity index (χ0v) is 13.6. The first kappa shape index (κ1) is 18.0. The second kappa shape index (κ2) is 9.77. The smallest absolute Gasteiger partial charge is 0.234 e. The monoisotopic (exact) mass is 312 g/mol. The molecule has 0 spiro atoms. The van der Waals surface area contributed by atoms with Crippen molar-refractivity contribution in [2.45, 2.75) is 32.7 Å². The second-order valence-corrected chi connectivity index (χ2v) is 5.57. The Morgan fingerprint density at radius 3 is 2.71 bits per heavy atom. The molecule has 2 N–H and O–H groups in total. The van der Waals surface area contributed by atoms with Crippen LogP contribution in [0.15, 0.2) is 24.3 Å². The first-order chi connectivity index (χ1) is 10.1. The molecule has 0 saturated carbocycles. The molecule has 0 bridgehead atoms. The number of amides is 1. The Morgan fingerprint density at radius 1 is 1.38 bits per heavy atom. The van der Waals surface area contributed by atoms with Crippen molar-refractivity contribution >= 4 is 17.5 Å². The van der Waals surface area contributed by atoms with Crippen molar-refractivity contribution in [1.82, 2.24) is 10.2 Å². The average molecular weight is 313 g/mol. The molecule has 1 atom stereocenters. The van der Waals surface area contributed by atoms with Gasteiger partial charge in [0, 0.05) is 11.6 Å². The van der Waals surface area contributed by atoms with Gasteiger partial charge in [0.1, 0.15) is 0 Å². The van der Waals surface area contributed by atoms with Crippen molar-refractivity contribution in [3.8, 4) is 0 Å². The summed E-state index contributed by atoms with van der Waals surface area (Å²) in [7, 11) is 0. The molecule has 4 nitrogen and oxygen atoms in total. The van der Waals surface area contributed by atoms with Gasteiger partial charge in [-0.1, -0.05) is 43.1 Å². The zero-order chi connectivity index (χ0) is 15.7. The van der Waals surface area contributed by atoms with Crippen LogP contribution in [0.2, 0.25) is 5.02 Å². The molecule has 0 aliphatic rings. The number of aliphatic hydroxyl groups is 1. The average Bonchev–Trinajstić information content (AvgIpc) is 2.45.